The van der Waals surface area contributed by atoms with Gasteiger partial charge < -0.3 is 5.32 Å². The average Bonchev–Trinajstić information content (AvgIpc) is 2.52. The van der Waals surface area contributed by atoms with Crippen LogP contribution in [-0.2, 0) is 0 Å². The van der Waals surface area contributed by atoms with Gasteiger partial charge in [0.25, 0.3) is 11.6 Å². The molecule has 0 aliphatic heterocycles. The standard InChI is InChI=1S/C19H22N2O3/c1-5-17(16-8-6-12(2)10-13(16)3)20-19(22)15-7-9-18(21(23)24)14(4)11-15/h6-11,17H,5H2,1-4H3,(H,20,22). The zero-order valence-electron chi connectivity index (χ0n) is 14.4. The maximum atomic E-state index is 12.5. The van der Waals surface area contributed by atoms with Gasteiger partial charge in [-0.1, -0.05) is 30.7 Å². The first-order valence-corrected chi connectivity index (χ1v) is 7.96. The number of hydrogen-bond acceptors (Lipinski definition) is 3. The van der Waals surface area contributed by atoms with Crippen LogP contribution < -0.4 is 5.32 Å². The lowest BCUT2D eigenvalue weighted by Gasteiger charge is -2.20. The van der Waals surface area contributed by atoms with Crippen molar-refractivity contribution in [3.63, 3.8) is 0 Å². The Kier molecular flexibility index (Phi) is 5.34. The molecule has 0 aromatic heterocycles. The summed E-state index contributed by atoms with van der Waals surface area (Å²) in [4.78, 5) is 23.0. The van der Waals surface area contributed by atoms with Crippen molar-refractivity contribution in [1.82, 2.24) is 5.32 Å². The molecule has 2 aromatic carbocycles. The summed E-state index contributed by atoms with van der Waals surface area (Å²) in [5, 5.41) is 13.9. The van der Waals surface area contributed by atoms with E-state index in [0.29, 0.717) is 11.1 Å². The Bertz CT molecular complexity index is 784. The number of hydrogen-bond donors (Lipinski definition) is 1. The zero-order valence-corrected chi connectivity index (χ0v) is 14.4. The number of carbonyl (C=O) groups excluding carboxylic acids is 1. The largest absolute Gasteiger partial charge is 0.345 e. The van der Waals surface area contributed by atoms with Gasteiger partial charge in [-0.25, -0.2) is 0 Å². The SMILES string of the molecule is CCC(NC(=O)c1ccc([N+](=O)[O-])c(C)c1)c1ccc(C)cc1C. The summed E-state index contributed by atoms with van der Waals surface area (Å²) < 4.78 is 0. The number of rotatable bonds is 5. The second-order valence-electron chi connectivity index (χ2n) is 6.05. The molecule has 0 saturated carbocycles. The molecule has 2 aromatic rings. The molecule has 0 fully saturated rings. The smallest absolute Gasteiger partial charge is 0.272 e. The van der Waals surface area contributed by atoms with E-state index in [1.807, 2.05) is 32.9 Å². The van der Waals surface area contributed by atoms with Crippen LogP contribution in [0.4, 0.5) is 5.69 Å². The lowest BCUT2D eigenvalue weighted by Crippen LogP contribution is -2.28. The highest BCUT2D eigenvalue weighted by Crippen LogP contribution is 2.23. The highest BCUT2D eigenvalue weighted by Gasteiger charge is 2.18. The van der Waals surface area contributed by atoms with E-state index in [1.165, 1.54) is 17.7 Å². The van der Waals surface area contributed by atoms with Crippen LogP contribution in [0.2, 0.25) is 0 Å². The molecule has 24 heavy (non-hydrogen) atoms. The fraction of sp³-hybridized carbons (Fsp3) is 0.316. The van der Waals surface area contributed by atoms with Crippen LogP contribution in [0, 0.1) is 30.9 Å². The average molecular weight is 326 g/mol. The van der Waals surface area contributed by atoms with Gasteiger partial charge in [-0.15, -0.1) is 0 Å². The number of carbonyl (C=O) groups is 1. The Labute approximate surface area is 141 Å². The van der Waals surface area contributed by atoms with Crippen molar-refractivity contribution >= 4 is 11.6 Å². The van der Waals surface area contributed by atoms with Crippen LogP contribution in [0.3, 0.4) is 0 Å². The third kappa shape index (κ3) is 3.79. The third-order valence-corrected chi connectivity index (χ3v) is 4.17. The molecule has 0 bridgehead atoms. The fourth-order valence-electron chi connectivity index (χ4n) is 2.86. The summed E-state index contributed by atoms with van der Waals surface area (Å²) in [6, 6.07) is 10.5. The van der Waals surface area contributed by atoms with E-state index in [2.05, 4.69) is 11.4 Å². The van der Waals surface area contributed by atoms with Gasteiger partial charge in [-0.05, 0) is 50.5 Å². The molecule has 0 radical (unpaired) electrons. The van der Waals surface area contributed by atoms with Gasteiger partial charge in [0.05, 0.1) is 11.0 Å². The summed E-state index contributed by atoms with van der Waals surface area (Å²) in [5.74, 6) is -0.222. The Morgan fingerprint density at radius 3 is 2.38 bits per heavy atom. The van der Waals surface area contributed by atoms with Gasteiger partial charge in [0, 0.05) is 17.2 Å². The molecule has 0 spiro atoms. The van der Waals surface area contributed by atoms with Gasteiger partial charge in [0.1, 0.15) is 0 Å². The Balaban J connectivity index is 2.23. The van der Waals surface area contributed by atoms with Crippen molar-refractivity contribution in [2.45, 2.75) is 40.2 Å². The number of nitro benzene ring substituents is 1. The van der Waals surface area contributed by atoms with Gasteiger partial charge in [-0.3, -0.25) is 14.9 Å². The molecule has 5 heteroatoms. The maximum absolute atomic E-state index is 12.5. The van der Waals surface area contributed by atoms with E-state index < -0.39 is 4.92 Å². The van der Waals surface area contributed by atoms with Crippen LogP contribution in [-0.4, -0.2) is 10.8 Å². The number of amides is 1. The number of benzene rings is 2. The number of nitro groups is 1. The molecule has 0 saturated heterocycles. The van der Waals surface area contributed by atoms with E-state index in [1.54, 1.807) is 13.0 Å². The number of aryl methyl sites for hydroxylation is 3. The van der Waals surface area contributed by atoms with E-state index >= 15 is 0 Å². The first-order valence-electron chi connectivity index (χ1n) is 7.96. The van der Waals surface area contributed by atoms with E-state index in [0.717, 1.165) is 17.5 Å². The predicted molar refractivity (Wildman–Crippen MR) is 94.2 cm³/mol. The molecule has 0 heterocycles. The van der Waals surface area contributed by atoms with Crippen LogP contribution >= 0.6 is 0 Å². The van der Waals surface area contributed by atoms with Crippen LogP contribution in [0.15, 0.2) is 36.4 Å². The van der Waals surface area contributed by atoms with Crippen LogP contribution in [0.25, 0.3) is 0 Å². The molecule has 1 N–H and O–H groups in total. The molecule has 126 valence electrons. The second-order valence-corrected chi connectivity index (χ2v) is 6.05. The Morgan fingerprint density at radius 2 is 1.83 bits per heavy atom. The van der Waals surface area contributed by atoms with Gasteiger partial charge in [0.2, 0.25) is 0 Å². The van der Waals surface area contributed by atoms with Crippen molar-refractivity contribution in [3.05, 3.63) is 74.3 Å². The van der Waals surface area contributed by atoms with Crippen molar-refractivity contribution in [3.8, 4) is 0 Å². The third-order valence-electron chi connectivity index (χ3n) is 4.17. The van der Waals surface area contributed by atoms with Crippen LogP contribution in [0.1, 0.15) is 52.0 Å². The normalized spacial score (nSPS) is 11.8. The minimum atomic E-state index is -0.443. The lowest BCUT2D eigenvalue weighted by atomic mass is 9.97. The molecule has 5 nitrogen and oxygen atoms in total. The lowest BCUT2D eigenvalue weighted by molar-refractivity contribution is -0.385. The highest BCUT2D eigenvalue weighted by molar-refractivity contribution is 5.95. The van der Waals surface area contributed by atoms with Crippen molar-refractivity contribution in [2.75, 3.05) is 0 Å². The summed E-state index contributed by atoms with van der Waals surface area (Å²) in [6.45, 7) is 7.73. The summed E-state index contributed by atoms with van der Waals surface area (Å²) in [5.41, 5.74) is 4.35. The van der Waals surface area contributed by atoms with E-state index in [-0.39, 0.29) is 17.6 Å². The van der Waals surface area contributed by atoms with E-state index in [9.17, 15) is 14.9 Å². The second kappa shape index (κ2) is 7.25. The maximum Gasteiger partial charge on any atom is 0.272 e. The first-order chi connectivity index (χ1) is 11.3. The fourth-order valence-corrected chi connectivity index (χ4v) is 2.86. The number of nitrogens with zero attached hydrogens (tertiary/aromatic N) is 1. The van der Waals surface area contributed by atoms with Gasteiger partial charge in [-0.2, -0.15) is 0 Å². The van der Waals surface area contributed by atoms with Crippen molar-refractivity contribution in [2.24, 2.45) is 0 Å². The zero-order chi connectivity index (χ0) is 17.9. The number of nitrogens with one attached hydrogen (secondary N) is 1. The molecule has 2 rings (SSSR count). The molecular formula is C19H22N2O3. The summed E-state index contributed by atoms with van der Waals surface area (Å²) in [6.07, 6.45) is 0.765. The van der Waals surface area contributed by atoms with Crippen LogP contribution in [0.5, 0.6) is 0 Å². The molecule has 0 aliphatic rings. The summed E-state index contributed by atoms with van der Waals surface area (Å²) >= 11 is 0. The van der Waals surface area contributed by atoms with Crippen molar-refractivity contribution in [1.29, 1.82) is 0 Å². The first kappa shape index (κ1) is 17.7. The highest BCUT2D eigenvalue weighted by atomic mass is 16.6. The molecule has 1 amide bonds. The molecule has 0 aliphatic carbocycles. The summed E-state index contributed by atoms with van der Waals surface area (Å²) in [7, 11) is 0. The van der Waals surface area contributed by atoms with Crippen molar-refractivity contribution < 1.29 is 9.72 Å². The van der Waals surface area contributed by atoms with Gasteiger partial charge in [0.15, 0.2) is 0 Å². The molecular weight excluding hydrogens is 304 g/mol. The quantitative estimate of drug-likeness (QED) is 0.654. The molecule has 1 unspecified atom stereocenters. The minimum Gasteiger partial charge on any atom is -0.345 e. The Morgan fingerprint density at radius 1 is 1.12 bits per heavy atom. The topological polar surface area (TPSA) is 72.2 Å². The van der Waals surface area contributed by atoms with Gasteiger partial charge >= 0.3 is 0 Å². The monoisotopic (exact) mass is 326 g/mol. The predicted octanol–water partition coefficient (Wildman–Crippen LogP) is 4.40. The Hall–Kier alpha value is -2.69. The molecule has 1 atom stereocenters. The van der Waals surface area contributed by atoms with E-state index in [4.69, 9.17) is 0 Å². The minimum absolute atomic E-state index is 0.0213.